The largest absolute Gasteiger partial charge is 0.481 e. The Balaban J connectivity index is 2.63. The van der Waals surface area contributed by atoms with E-state index in [4.69, 9.17) is 5.11 Å². The molecule has 1 aromatic carbocycles. The van der Waals surface area contributed by atoms with E-state index >= 15 is 0 Å². The Labute approximate surface area is 133 Å². The maximum Gasteiger partial charge on any atom is 0.305 e. The normalized spacial score (nSPS) is 10.8. The van der Waals surface area contributed by atoms with Crippen LogP contribution in [-0.2, 0) is 16.0 Å². The number of hydrogen-bond donors (Lipinski definition) is 1. The summed E-state index contributed by atoms with van der Waals surface area (Å²) < 4.78 is 0. The third kappa shape index (κ3) is 6.29. The monoisotopic (exact) mass is 305 g/mol. The SMILES string of the molecule is Cc1ccc(CCC(=O)N(CCC(=O)O)CC(C)C)c(C)c1. The second-order valence-corrected chi connectivity index (χ2v) is 6.31. The minimum absolute atomic E-state index is 0.00200. The highest BCUT2D eigenvalue weighted by Crippen LogP contribution is 2.14. The van der Waals surface area contributed by atoms with E-state index in [1.54, 1.807) is 4.90 Å². The molecule has 0 aromatic heterocycles. The first-order chi connectivity index (χ1) is 10.3. The van der Waals surface area contributed by atoms with Gasteiger partial charge in [0.2, 0.25) is 5.91 Å². The van der Waals surface area contributed by atoms with E-state index in [1.807, 2.05) is 13.8 Å². The number of hydrogen-bond acceptors (Lipinski definition) is 2. The molecule has 0 saturated carbocycles. The van der Waals surface area contributed by atoms with E-state index in [2.05, 4.69) is 32.0 Å². The van der Waals surface area contributed by atoms with Crippen molar-refractivity contribution in [2.75, 3.05) is 13.1 Å². The third-order valence-corrected chi connectivity index (χ3v) is 3.64. The lowest BCUT2D eigenvalue weighted by molar-refractivity contribution is -0.138. The Kier molecular flexibility index (Phi) is 7.09. The molecule has 1 amide bonds. The number of benzene rings is 1. The first-order valence-corrected chi connectivity index (χ1v) is 7.85. The first-order valence-electron chi connectivity index (χ1n) is 7.85. The molecule has 1 N–H and O–H groups in total. The molecule has 4 heteroatoms. The number of aliphatic carboxylic acids is 1. The van der Waals surface area contributed by atoms with Crippen molar-refractivity contribution in [1.82, 2.24) is 4.90 Å². The summed E-state index contributed by atoms with van der Waals surface area (Å²) >= 11 is 0. The smallest absolute Gasteiger partial charge is 0.305 e. The van der Waals surface area contributed by atoms with Crippen molar-refractivity contribution < 1.29 is 14.7 Å². The van der Waals surface area contributed by atoms with Crippen LogP contribution in [0.2, 0.25) is 0 Å². The van der Waals surface area contributed by atoms with E-state index in [-0.39, 0.29) is 12.3 Å². The Morgan fingerprint density at radius 1 is 1.18 bits per heavy atom. The van der Waals surface area contributed by atoms with Crippen molar-refractivity contribution in [3.8, 4) is 0 Å². The van der Waals surface area contributed by atoms with Crippen molar-refractivity contribution in [2.45, 2.75) is 47.0 Å². The molecule has 0 fully saturated rings. The molecular formula is C18H27NO3. The van der Waals surface area contributed by atoms with Crippen LogP contribution in [0, 0.1) is 19.8 Å². The molecule has 0 spiro atoms. The Hall–Kier alpha value is -1.84. The quantitative estimate of drug-likeness (QED) is 0.802. The van der Waals surface area contributed by atoms with Gasteiger partial charge in [0.25, 0.3) is 0 Å². The summed E-state index contributed by atoms with van der Waals surface area (Å²) in [5, 5.41) is 8.81. The molecule has 0 saturated heterocycles. The Morgan fingerprint density at radius 3 is 2.41 bits per heavy atom. The van der Waals surface area contributed by atoms with Gasteiger partial charge in [0, 0.05) is 19.5 Å². The van der Waals surface area contributed by atoms with E-state index in [0.29, 0.717) is 31.8 Å². The maximum atomic E-state index is 12.4. The highest BCUT2D eigenvalue weighted by atomic mass is 16.4. The number of carbonyl (C=O) groups excluding carboxylic acids is 1. The molecule has 0 unspecified atom stereocenters. The van der Waals surface area contributed by atoms with Gasteiger partial charge in [-0.25, -0.2) is 0 Å². The minimum Gasteiger partial charge on any atom is -0.481 e. The van der Waals surface area contributed by atoms with Crippen LogP contribution in [0.3, 0.4) is 0 Å². The second kappa shape index (κ2) is 8.57. The van der Waals surface area contributed by atoms with Gasteiger partial charge >= 0.3 is 5.97 Å². The lowest BCUT2D eigenvalue weighted by Crippen LogP contribution is -2.36. The van der Waals surface area contributed by atoms with Gasteiger partial charge in [-0.2, -0.15) is 0 Å². The highest BCUT2D eigenvalue weighted by Gasteiger charge is 2.16. The van der Waals surface area contributed by atoms with Gasteiger partial charge in [0.1, 0.15) is 0 Å². The Bertz CT molecular complexity index is 523. The standard InChI is InChI=1S/C18H27NO3/c1-13(2)12-19(10-9-18(21)22)17(20)8-7-16-6-5-14(3)11-15(16)4/h5-6,11,13H,7-10,12H2,1-4H3,(H,21,22). The third-order valence-electron chi connectivity index (χ3n) is 3.64. The molecule has 0 radical (unpaired) electrons. The van der Waals surface area contributed by atoms with Crippen LogP contribution >= 0.6 is 0 Å². The lowest BCUT2D eigenvalue weighted by Gasteiger charge is -2.24. The van der Waals surface area contributed by atoms with Crippen LogP contribution in [0.1, 0.15) is 43.4 Å². The van der Waals surface area contributed by atoms with Crippen molar-refractivity contribution in [1.29, 1.82) is 0 Å². The van der Waals surface area contributed by atoms with Gasteiger partial charge < -0.3 is 10.0 Å². The minimum atomic E-state index is -0.865. The summed E-state index contributed by atoms with van der Waals surface area (Å²) in [7, 11) is 0. The molecule has 22 heavy (non-hydrogen) atoms. The Morgan fingerprint density at radius 2 is 1.86 bits per heavy atom. The van der Waals surface area contributed by atoms with Crippen molar-refractivity contribution in [3.05, 3.63) is 34.9 Å². The van der Waals surface area contributed by atoms with E-state index in [1.165, 1.54) is 16.7 Å². The van der Waals surface area contributed by atoms with Gasteiger partial charge in [0.15, 0.2) is 0 Å². The molecule has 0 aliphatic heterocycles. The van der Waals surface area contributed by atoms with Crippen molar-refractivity contribution in [3.63, 3.8) is 0 Å². The zero-order valence-electron chi connectivity index (χ0n) is 14.1. The number of aryl methyl sites for hydroxylation is 3. The fraction of sp³-hybridized carbons (Fsp3) is 0.556. The van der Waals surface area contributed by atoms with Crippen LogP contribution in [0.15, 0.2) is 18.2 Å². The summed E-state index contributed by atoms with van der Waals surface area (Å²) in [6, 6.07) is 6.25. The second-order valence-electron chi connectivity index (χ2n) is 6.31. The summed E-state index contributed by atoms with van der Waals surface area (Å²) in [6.07, 6.45) is 1.13. The average molecular weight is 305 g/mol. The summed E-state index contributed by atoms with van der Waals surface area (Å²) in [6.45, 7) is 9.08. The molecular weight excluding hydrogens is 278 g/mol. The molecule has 0 bridgehead atoms. The number of carbonyl (C=O) groups is 2. The summed E-state index contributed by atoms with van der Waals surface area (Å²) in [4.78, 5) is 24.8. The molecule has 0 atom stereocenters. The summed E-state index contributed by atoms with van der Waals surface area (Å²) in [5.41, 5.74) is 3.60. The van der Waals surface area contributed by atoms with Crippen molar-refractivity contribution in [2.24, 2.45) is 5.92 Å². The molecule has 0 heterocycles. The zero-order valence-corrected chi connectivity index (χ0v) is 14.1. The van der Waals surface area contributed by atoms with Gasteiger partial charge in [0.05, 0.1) is 6.42 Å². The van der Waals surface area contributed by atoms with E-state index < -0.39 is 5.97 Å². The predicted octanol–water partition coefficient (Wildman–Crippen LogP) is 3.20. The van der Waals surface area contributed by atoms with Gasteiger partial charge in [-0.15, -0.1) is 0 Å². The van der Waals surface area contributed by atoms with Crippen LogP contribution in [0.4, 0.5) is 0 Å². The topological polar surface area (TPSA) is 57.6 Å². The van der Waals surface area contributed by atoms with Crippen LogP contribution in [0.25, 0.3) is 0 Å². The fourth-order valence-electron chi connectivity index (χ4n) is 2.52. The number of rotatable bonds is 8. The summed E-state index contributed by atoms with van der Waals surface area (Å²) in [5.74, 6) is -0.496. The van der Waals surface area contributed by atoms with Crippen LogP contribution in [0.5, 0.6) is 0 Å². The first kappa shape index (κ1) is 18.2. The van der Waals surface area contributed by atoms with Gasteiger partial charge in [-0.3, -0.25) is 9.59 Å². The van der Waals surface area contributed by atoms with E-state index in [0.717, 1.165) is 0 Å². The highest BCUT2D eigenvalue weighted by molar-refractivity contribution is 5.77. The maximum absolute atomic E-state index is 12.4. The number of nitrogens with zero attached hydrogens (tertiary/aromatic N) is 1. The molecule has 0 aliphatic carbocycles. The number of carboxylic acid groups (broad SMARTS) is 1. The molecule has 1 rings (SSSR count). The molecule has 122 valence electrons. The lowest BCUT2D eigenvalue weighted by atomic mass is 10.0. The molecule has 1 aromatic rings. The number of carboxylic acids is 1. The zero-order chi connectivity index (χ0) is 16.7. The molecule has 4 nitrogen and oxygen atoms in total. The van der Waals surface area contributed by atoms with Crippen molar-refractivity contribution >= 4 is 11.9 Å². The number of amides is 1. The fourth-order valence-corrected chi connectivity index (χ4v) is 2.52. The average Bonchev–Trinajstić information content (AvgIpc) is 2.41. The van der Waals surface area contributed by atoms with Crippen LogP contribution in [-0.4, -0.2) is 35.0 Å². The molecule has 0 aliphatic rings. The van der Waals surface area contributed by atoms with Crippen LogP contribution < -0.4 is 0 Å². The van der Waals surface area contributed by atoms with Gasteiger partial charge in [-0.1, -0.05) is 37.6 Å². The predicted molar refractivity (Wildman–Crippen MR) is 87.9 cm³/mol. The van der Waals surface area contributed by atoms with Gasteiger partial charge in [-0.05, 0) is 37.3 Å². The van der Waals surface area contributed by atoms with E-state index in [9.17, 15) is 9.59 Å².